The van der Waals surface area contributed by atoms with Gasteiger partial charge in [-0.2, -0.15) is 0 Å². The largest absolute Gasteiger partial charge is 0.347 e. The van der Waals surface area contributed by atoms with Crippen LogP contribution in [-0.2, 0) is 20.3 Å². The van der Waals surface area contributed by atoms with E-state index in [4.69, 9.17) is 9.47 Å². The second-order valence-corrected chi connectivity index (χ2v) is 7.37. The van der Waals surface area contributed by atoms with Crippen LogP contribution in [-0.4, -0.2) is 46.8 Å². The van der Waals surface area contributed by atoms with E-state index in [-0.39, 0.29) is 10.5 Å². The molecule has 1 N–H and O–H groups in total. The molecule has 100 valence electrons. The molecule has 1 aliphatic carbocycles. The molecule has 5 heteroatoms. The van der Waals surface area contributed by atoms with E-state index in [9.17, 15) is 4.21 Å². The fraction of sp³-hybridized carbons (Fsp3) is 1.00. The summed E-state index contributed by atoms with van der Waals surface area (Å²) in [4.78, 5) is 0. The topological polar surface area (TPSA) is 47.6 Å². The van der Waals surface area contributed by atoms with Crippen molar-refractivity contribution in [2.75, 3.05) is 20.3 Å². The predicted molar refractivity (Wildman–Crippen MR) is 68.4 cm³/mol. The maximum atomic E-state index is 12.4. The third-order valence-electron chi connectivity index (χ3n) is 3.74. The van der Waals surface area contributed by atoms with E-state index in [0.29, 0.717) is 19.3 Å². The number of nitrogens with one attached hydrogen (secondary N) is 1. The Morgan fingerprint density at radius 1 is 1.35 bits per heavy atom. The van der Waals surface area contributed by atoms with Gasteiger partial charge in [0.05, 0.1) is 18.5 Å². The minimum absolute atomic E-state index is 0.131. The van der Waals surface area contributed by atoms with Crippen molar-refractivity contribution in [2.24, 2.45) is 0 Å². The van der Waals surface area contributed by atoms with E-state index in [0.717, 1.165) is 19.3 Å². The second kappa shape index (κ2) is 5.34. The Labute approximate surface area is 106 Å². The highest BCUT2D eigenvalue weighted by Crippen LogP contribution is 2.38. The first-order valence-electron chi connectivity index (χ1n) is 6.42. The average molecular weight is 261 g/mol. The third kappa shape index (κ3) is 2.72. The van der Waals surface area contributed by atoms with Gasteiger partial charge in [-0.05, 0) is 13.5 Å². The van der Waals surface area contributed by atoms with Gasteiger partial charge in [-0.15, -0.1) is 0 Å². The highest BCUT2D eigenvalue weighted by atomic mass is 32.2. The van der Waals surface area contributed by atoms with E-state index in [1.165, 1.54) is 0 Å². The first-order valence-corrected chi connectivity index (χ1v) is 7.70. The van der Waals surface area contributed by atoms with Crippen LogP contribution in [0.2, 0.25) is 0 Å². The van der Waals surface area contributed by atoms with Crippen molar-refractivity contribution in [3.63, 3.8) is 0 Å². The molecule has 3 unspecified atom stereocenters. The van der Waals surface area contributed by atoms with Crippen LogP contribution in [0.5, 0.6) is 0 Å². The van der Waals surface area contributed by atoms with Crippen LogP contribution < -0.4 is 5.32 Å². The van der Waals surface area contributed by atoms with Gasteiger partial charge >= 0.3 is 0 Å². The molecular weight excluding hydrogens is 238 g/mol. The monoisotopic (exact) mass is 261 g/mol. The first kappa shape index (κ1) is 13.5. The molecule has 2 rings (SSSR count). The molecule has 1 heterocycles. The lowest BCUT2D eigenvalue weighted by atomic mass is 9.89. The maximum Gasteiger partial charge on any atom is 0.169 e. The average Bonchev–Trinajstić information content (AvgIpc) is 2.76. The lowest BCUT2D eigenvalue weighted by Crippen LogP contribution is -2.52. The zero-order chi connectivity index (χ0) is 12.5. The Morgan fingerprint density at radius 2 is 2.00 bits per heavy atom. The molecule has 2 aliphatic rings. The summed E-state index contributed by atoms with van der Waals surface area (Å²) in [6.07, 6.45) is 2.63. The lowest BCUT2D eigenvalue weighted by molar-refractivity contribution is -0.178. The van der Waals surface area contributed by atoms with E-state index < -0.39 is 16.6 Å². The Hall–Kier alpha value is 0.0300. The molecule has 1 spiro atoms. The van der Waals surface area contributed by atoms with Gasteiger partial charge in [-0.3, -0.25) is 4.21 Å². The summed E-state index contributed by atoms with van der Waals surface area (Å²) in [5.74, 6) is -0.442. The standard InChI is InChI=1S/C12H23NO3S/c1-9(2)17(14)11-8-12(15-6-7-16-12)5-4-10(11)13-3/h9-11,13H,4-8H2,1-3H3. The van der Waals surface area contributed by atoms with Crippen LogP contribution in [0.25, 0.3) is 0 Å². The predicted octanol–water partition coefficient (Wildman–Crippen LogP) is 1.03. The lowest BCUT2D eigenvalue weighted by Gasteiger charge is -2.41. The third-order valence-corrected chi connectivity index (χ3v) is 5.77. The summed E-state index contributed by atoms with van der Waals surface area (Å²) in [5, 5.41) is 3.61. The molecular formula is C12H23NO3S. The second-order valence-electron chi connectivity index (χ2n) is 5.16. The van der Waals surface area contributed by atoms with Crippen LogP contribution >= 0.6 is 0 Å². The molecule has 1 aliphatic heterocycles. The van der Waals surface area contributed by atoms with Crippen LogP contribution in [0.15, 0.2) is 0 Å². The minimum Gasteiger partial charge on any atom is -0.347 e. The molecule has 3 atom stereocenters. The van der Waals surface area contributed by atoms with Crippen molar-refractivity contribution in [1.82, 2.24) is 5.32 Å². The van der Waals surface area contributed by atoms with E-state index in [2.05, 4.69) is 5.32 Å². The fourth-order valence-corrected chi connectivity index (χ4v) is 4.51. The minimum atomic E-state index is -0.833. The maximum absolute atomic E-state index is 12.4. The normalized spacial score (nSPS) is 34.4. The summed E-state index contributed by atoms with van der Waals surface area (Å²) in [6.45, 7) is 5.37. The molecule has 0 aromatic rings. The Bertz CT molecular complexity index is 289. The zero-order valence-corrected chi connectivity index (χ0v) is 11.7. The van der Waals surface area contributed by atoms with E-state index in [1.807, 2.05) is 20.9 Å². The Kier molecular flexibility index (Phi) is 4.23. The van der Waals surface area contributed by atoms with Crippen molar-refractivity contribution in [1.29, 1.82) is 0 Å². The molecule has 4 nitrogen and oxygen atoms in total. The van der Waals surface area contributed by atoms with Crippen molar-refractivity contribution < 1.29 is 13.7 Å². The van der Waals surface area contributed by atoms with Crippen molar-refractivity contribution in [2.45, 2.75) is 55.4 Å². The summed E-state index contributed by atoms with van der Waals surface area (Å²) in [7, 11) is 1.12. The van der Waals surface area contributed by atoms with Crippen molar-refractivity contribution in [3.05, 3.63) is 0 Å². The molecule has 17 heavy (non-hydrogen) atoms. The van der Waals surface area contributed by atoms with E-state index >= 15 is 0 Å². The molecule has 0 radical (unpaired) electrons. The highest BCUT2D eigenvalue weighted by Gasteiger charge is 2.46. The molecule has 2 fully saturated rings. The molecule has 0 aromatic carbocycles. The SMILES string of the molecule is CNC1CCC2(CC1S(=O)C(C)C)OCCO2. The quantitative estimate of drug-likeness (QED) is 0.824. The summed E-state index contributed by atoms with van der Waals surface area (Å²) >= 11 is 0. The Morgan fingerprint density at radius 3 is 2.53 bits per heavy atom. The van der Waals surface area contributed by atoms with Gasteiger partial charge < -0.3 is 14.8 Å². The van der Waals surface area contributed by atoms with Gasteiger partial charge in [-0.25, -0.2) is 0 Å². The highest BCUT2D eigenvalue weighted by molar-refractivity contribution is 7.86. The van der Waals surface area contributed by atoms with Gasteiger partial charge in [-0.1, -0.05) is 13.8 Å². The number of hydrogen-bond acceptors (Lipinski definition) is 4. The van der Waals surface area contributed by atoms with Gasteiger partial charge in [0.25, 0.3) is 0 Å². The van der Waals surface area contributed by atoms with Gasteiger partial charge in [0, 0.05) is 34.9 Å². The van der Waals surface area contributed by atoms with Gasteiger partial charge in [0.1, 0.15) is 0 Å². The zero-order valence-electron chi connectivity index (χ0n) is 10.9. The van der Waals surface area contributed by atoms with Gasteiger partial charge in [0.15, 0.2) is 5.79 Å². The summed E-state index contributed by atoms with van der Waals surface area (Å²) in [6, 6.07) is 0.316. The molecule has 0 bridgehead atoms. The molecule has 0 amide bonds. The smallest absolute Gasteiger partial charge is 0.169 e. The molecule has 0 aromatic heterocycles. The van der Waals surface area contributed by atoms with Crippen molar-refractivity contribution in [3.8, 4) is 0 Å². The Balaban J connectivity index is 2.11. The van der Waals surface area contributed by atoms with Crippen molar-refractivity contribution >= 4 is 10.8 Å². The van der Waals surface area contributed by atoms with Crippen LogP contribution in [0, 0.1) is 0 Å². The van der Waals surface area contributed by atoms with Crippen LogP contribution in [0.1, 0.15) is 33.1 Å². The first-order chi connectivity index (χ1) is 8.08. The van der Waals surface area contributed by atoms with Crippen LogP contribution in [0.4, 0.5) is 0 Å². The number of hydrogen-bond donors (Lipinski definition) is 1. The molecule has 1 saturated carbocycles. The summed E-state index contributed by atoms with van der Waals surface area (Å²) in [5.41, 5.74) is 0. The number of rotatable bonds is 3. The van der Waals surface area contributed by atoms with Crippen LogP contribution in [0.3, 0.4) is 0 Å². The fourth-order valence-electron chi connectivity index (χ4n) is 2.80. The summed E-state index contributed by atoms with van der Waals surface area (Å²) < 4.78 is 23.9. The van der Waals surface area contributed by atoms with Gasteiger partial charge in [0.2, 0.25) is 0 Å². The molecule has 1 saturated heterocycles. The number of ether oxygens (including phenoxy) is 2. The van der Waals surface area contributed by atoms with E-state index in [1.54, 1.807) is 0 Å².